The quantitative estimate of drug-likeness (QED) is 0.418. The molecular formula is C28H29N3O4. The number of oxazole rings is 1. The summed E-state index contributed by atoms with van der Waals surface area (Å²) < 4.78 is 11.5. The molecule has 1 aliphatic heterocycles. The van der Waals surface area contributed by atoms with Gasteiger partial charge in [-0.25, -0.2) is 4.98 Å². The van der Waals surface area contributed by atoms with Crippen LogP contribution >= 0.6 is 0 Å². The number of amides is 2. The zero-order valence-corrected chi connectivity index (χ0v) is 20.0. The van der Waals surface area contributed by atoms with Crippen LogP contribution in [0.5, 0.6) is 0 Å². The molecule has 7 nitrogen and oxygen atoms in total. The lowest BCUT2D eigenvalue weighted by Crippen LogP contribution is -2.42. The lowest BCUT2D eigenvalue weighted by Gasteiger charge is -2.34. The maximum Gasteiger partial charge on any atom is 0.253 e. The number of furan rings is 1. The fraction of sp³-hybridized carbons (Fsp3) is 0.321. The average Bonchev–Trinajstić information content (AvgIpc) is 3.52. The second kappa shape index (κ2) is 9.78. The summed E-state index contributed by atoms with van der Waals surface area (Å²) in [6.45, 7) is 5.50. The summed E-state index contributed by atoms with van der Waals surface area (Å²) in [7, 11) is 0. The summed E-state index contributed by atoms with van der Waals surface area (Å²) in [5, 5.41) is 2.97. The molecule has 2 amide bonds. The van der Waals surface area contributed by atoms with Crippen molar-refractivity contribution in [2.45, 2.75) is 33.2 Å². The number of carbonyl (C=O) groups is 2. The molecule has 1 saturated heterocycles. The minimum atomic E-state index is -0.120. The van der Waals surface area contributed by atoms with Crippen LogP contribution in [0.15, 0.2) is 69.5 Å². The maximum absolute atomic E-state index is 13.2. The van der Waals surface area contributed by atoms with Crippen LogP contribution in [0.1, 0.15) is 41.6 Å². The van der Waals surface area contributed by atoms with Crippen LogP contribution in [0.4, 0.5) is 0 Å². The van der Waals surface area contributed by atoms with Crippen LogP contribution < -0.4 is 5.32 Å². The Balaban J connectivity index is 1.18. The molecule has 0 unspecified atom stereocenters. The number of benzene rings is 2. The normalized spacial score (nSPS) is 15.3. The molecule has 5 rings (SSSR count). The zero-order chi connectivity index (χ0) is 24.4. The SMILES string of the molecule is Cc1ccc(CNC(=O)[C@H](C)C2CCN(C(=O)c3ccc4nc(-c5ccccc5)oc4c3)CC2)o1. The van der Waals surface area contributed by atoms with Gasteiger partial charge >= 0.3 is 0 Å². The molecule has 180 valence electrons. The second-order valence-corrected chi connectivity index (χ2v) is 9.22. The highest BCUT2D eigenvalue weighted by Crippen LogP contribution is 2.28. The summed E-state index contributed by atoms with van der Waals surface area (Å²) in [6.07, 6.45) is 1.59. The lowest BCUT2D eigenvalue weighted by molar-refractivity contribution is -0.126. The molecule has 0 radical (unpaired) electrons. The highest BCUT2D eigenvalue weighted by molar-refractivity contribution is 5.97. The Morgan fingerprint density at radius 2 is 1.83 bits per heavy atom. The fourth-order valence-electron chi connectivity index (χ4n) is 4.68. The van der Waals surface area contributed by atoms with Crippen LogP contribution in [-0.4, -0.2) is 34.8 Å². The number of hydrogen-bond donors (Lipinski definition) is 1. The highest BCUT2D eigenvalue weighted by atomic mass is 16.3. The average molecular weight is 472 g/mol. The van der Waals surface area contributed by atoms with Gasteiger partial charge in [0.15, 0.2) is 5.58 Å². The Hall–Kier alpha value is -3.87. The third kappa shape index (κ3) is 4.99. The highest BCUT2D eigenvalue weighted by Gasteiger charge is 2.30. The molecule has 0 aliphatic carbocycles. The Kier molecular flexibility index (Phi) is 6.40. The van der Waals surface area contributed by atoms with Crippen LogP contribution in [0, 0.1) is 18.8 Å². The van der Waals surface area contributed by atoms with Gasteiger partial charge in [0.25, 0.3) is 5.91 Å². The lowest BCUT2D eigenvalue weighted by atomic mass is 9.84. The van der Waals surface area contributed by atoms with Crippen molar-refractivity contribution < 1.29 is 18.4 Å². The Morgan fingerprint density at radius 1 is 1.06 bits per heavy atom. The predicted octanol–water partition coefficient (Wildman–Crippen LogP) is 5.20. The zero-order valence-electron chi connectivity index (χ0n) is 20.0. The number of nitrogens with zero attached hydrogens (tertiary/aromatic N) is 2. The van der Waals surface area contributed by atoms with Crippen molar-refractivity contribution in [1.82, 2.24) is 15.2 Å². The predicted molar refractivity (Wildman–Crippen MR) is 133 cm³/mol. The van der Waals surface area contributed by atoms with E-state index in [4.69, 9.17) is 8.83 Å². The number of nitrogens with one attached hydrogen (secondary N) is 1. The first-order chi connectivity index (χ1) is 17.0. The van der Waals surface area contributed by atoms with Crippen LogP contribution in [0.2, 0.25) is 0 Å². The number of carbonyl (C=O) groups excluding carboxylic acids is 2. The van der Waals surface area contributed by atoms with Crippen LogP contribution in [-0.2, 0) is 11.3 Å². The number of rotatable bonds is 6. The Morgan fingerprint density at radius 3 is 2.54 bits per heavy atom. The molecule has 4 aromatic rings. The third-order valence-corrected chi connectivity index (χ3v) is 6.84. The van der Waals surface area contributed by atoms with Gasteiger partial charge in [0.1, 0.15) is 17.0 Å². The van der Waals surface area contributed by atoms with E-state index in [0.717, 1.165) is 35.4 Å². The molecule has 2 aromatic carbocycles. The van der Waals surface area contributed by atoms with Crippen LogP contribution in [0.25, 0.3) is 22.6 Å². The Bertz CT molecular complexity index is 1330. The van der Waals surface area contributed by atoms with E-state index in [1.165, 1.54) is 0 Å². The minimum Gasteiger partial charge on any atom is -0.465 e. The largest absolute Gasteiger partial charge is 0.465 e. The summed E-state index contributed by atoms with van der Waals surface area (Å²) >= 11 is 0. The first-order valence-electron chi connectivity index (χ1n) is 12.1. The summed E-state index contributed by atoms with van der Waals surface area (Å²) in [6, 6.07) is 18.9. The van der Waals surface area contributed by atoms with Gasteiger partial charge in [-0.15, -0.1) is 0 Å². The molecule has 1 aliphatic rings. The number of aryl methyl sites for hydroxylation is 1. The number of piperidine rings is 1. The molecule has 0 bridgehead atoms. The van der Waals surface area contributed by atoms with Crippen molar-refractivity contribution in [2.24, 2.45) is 11.8 Å². The van der Waals surface area contributed by atoms with E-state index in [9.17, 15) is 9.59 Å². The van der Waals surface area contributed by atoms with Crippen molar-refractivity contribution >= 4 is 22.9 Å². The maximum atomic E-state index is 13.2. The van der Waals surface area contributed by atoms with Crippen molar-refractivity contribution in [1.29, 1.82) is 0 Å². The van der Waals surface area contributed by atoms with E-state index in [0.29, 0.717) is 36.7 Å². The van der Waals surface area contributed by atoms with Crippen molar-refractivity contribution in [2.75, 3.05) is 13.1 Å². The van der Waals surface area contributed by atoms with E-state index < -0.39 is 0 Å². The van der Waals surface area contributed by atoms with Gasteiger partial charge in [0, 0.05) is 30.1 Å². The van der Waals surface area contributed by atoms with Crippen molar-refractivity contribution in [3.8, 4) is 11.5 Å². The number of fused-ring (bicyclic) bond motifs is 1. The number of likely N-dealkylation sites (tertiary alicyclic amines) is 1. The van der Waals surface area contributed by atoms with Gasteiger partial charge in [-0.3, -0.25) is 9.59 Å². The fourth-order valence-corrected chi connectivity index (χ4v) is 4.68. The van der Waals surface area contributed by atoms with E-state index >= 15 is 0 Å². The Labute approximate surface area is 204 Å². The van der Waals surface area contributed by atoms with E-state index in [1.54, 1.807) is 12.1 Å². The van der Waals surface area contributed by atoms with Gasteiger partial charge in [-0.1, -0.05) is 25.1 Å². The number of aromatic nitrogens is 1. The molecule has 1 atom stereocenters. The van der Waals surface area contributed by atoms with Gasteiger partial charge in [0.2, 0.25) is 11.8 Å². The molecule has 35 heavy (non-hydrogen) atoms. The van der Waals surface area contributed by atoms with Crippen molar-refractivity contribution in [3.63, 3.8) is 0 Å². The molecule has 3 heterocycles. The van der Waals surface area contributed by atoms with Gasteiger partial charge in [-0.2, -0.15) is 0 Å². The monoisotopic (exact) mass is 471 g/mol. The third-order valence-electron chi connectivity index (χ3n) is 6.84. The van der Waals surface area contributed by atoms with Gasteiger partial charge in [0.05, 0.1) is 6.54 Å². The topological polar surface area (TPSA) is 88.6 Å². The summed E-state index contributed by atoms with van der Waals surface area (Å²) in [5.41, 5.74) is 2.81. The molecule has 2 aromatic heterocycles. The van der Waals surface area contributed by atoms with Gasteiger partial charge in [-0.05, 0) is 68.1 Å². The van der Waals surface area contributed by atoms with E-state index in [2.05, 4.69) is 10.3 Å². The molecule has 0 saturated carbocycles. The molecule has 1 fully saturated rings. The van der Waals surface area contributed by atoms with E-state index in [-0.39, 0.29) is 23.7 Å². The molecule has 1 N–H and O–H groups in total. The molecule has 7 heteroatoms. The molecule has 0 spiro atoms. The first kappa shape index (κ1) is 22.9. The summed E-state index contributed by atoms with van der Waals surface area (Å²) in [5.74, 6) is 2.25. The smallest absolute Gasteiger partial charge is 0.253 e. The number of hydrogen-bond acceptors (Lipinski definition) is 5. The van der Waals surface area contributed by atoms with Gasteiger partial charge < -0.3 is 19.1 Å². The van der Waals surface area contributed by atoms with E-state index in [1.807, 2.05) is 67.3 Å². The minimum absolute atomic E-state index is 0.0201. The van der Waals surface area contributed by atoms with Crippen LogP contribution in [0.3, 0.4) is 0 Å². The molecular weight excluding hydrogens is 442 g/mol. The standard InChI is InChI=1S/C28H29N3O4/c1-18-8-10-23(34-18)17-29-26(32)19(2)20-12-14-31(15-13-20)28(33)22-9-11-24-25(16-22)35-27(30-24)21-6-4-3-5-7-21/h3-11,16,19-20H,12-15,17H2,1-2H3,(H,29,32)/t19-/m1/s1. The summed E-state index contributed by atoms with van der Waals surface area (Å²) in [4.78, 5) is 32.2. The van der Waals surface area contributed by atoms with Crippen molar-refractivity contribution in [3.05, 3.63) is 77.7 Å². The second-order valence-electron chi connectivity index (χ2n) is 9.22. The first-order valence-corrected chi connectivity index (χ1v) is 12.1.